The summed E-state index contributed by atoms with van der Waals surface area (Å²) >= 11 is 6.13. The van der Waals surface area contributed by atoms with E-state index >= 15 is 0 Å². The van der Waals surface area contributed by atoms with Crippen LogP contribution in [-0.2, 0) is 10.8 Å². The van der Waals surface area contributed by atoms with Gasteiger partial charge in [-0.25, -0.2) is 4.21 Å². The molecule has 0 spiro atoms. The molecule has 1 fully saturated rings. The van der Waals surface area contributed by atoms with E-state index in [4.69, 9.17) is 16.3 Å². The summed E-state index contributed by atoms with van der Waals surface area (Å²) in [6, 6.07) is 10.5. The fourth-order valence-electron chi connectivity index (χ4n) is 3.40. The smallest absolute Gasteiger partial charge is 0.259 e. The second kappa shape index (κ2) is 8.07. The van der Waals surface area contributed by atoms with E-state index in [0.29, 0.717) is 26.9 Å². The average Bonchev–Trinajstić information content (AvgIpc) is 3.05. The van der Waals surface area contributed by atoms with Crippen molar-refractivity contribution in [3.05, 3.63) is 58.0 Å². The number of likely N-dealkylation sites (tertiary alicyclic amines) is 1. The van der Waals surface area contributed by atoms with Crippen molar-refractivity contribution in [2.24, 2.45) is 0 Å². The molecule has 1 amide bonds. The van der Waals surface area contributed by atoms with Crippen molar-refractivity contribution in [3.63, 3.8) is 0 Å². The van der Waals surface area contributed by atoms with E-state index in [-0.39, 0.29) is 12.0 Å². The topological polar surface area (TPSA) is 58.6 Å². The zero-order chi connectivity index (χ0) is 19.7. The monoisotopic (exact) mass is 416 g/mol. The summed E-state index contributed by atoms with van der Waals surface area (Å²) in [5, 5.41) is 4.98. The number of benzene rings is 2. The quantitative estimate of drug-likeness (QED) is 0.813. The number of halogens is 1. The minimum absolute atomic E-state index is 0.0809. The van der Waals surface area contributed by atoms with Crippen LogP contribution in [0.15, 0.2) is 46.7 Å². The lowest BCUT2D eigenvalue weighted by atomic mass is 10.1. The molecule has 28 heavy (non-hydrogen) atoms. The SMILES string of the molecule is CN1CCC(Oc2ccc(Cl)cc2C(=O)Nc2ccc3c(c2)S(=O)C=C3)CC1. The Morgan fingerprint density at radius 2 is 2.00 bits per heavy atom. The molecule has 1 unspecified atom stereocenters. The number of carbonyl (C=O) groups excluding carboxylic acids is 1. The largest absolute Gasteiger partial charge is 0.489 e. The molecule has 2 heterocycles. The summed E-state index contributed by atoms with van der Waals surface area (Å²) in [5.41, 5.74) is 1.89. The summed E-state index contributed by atoms with van der Waals surface area (Å²) in [6.45, 7) is 1.94. The predicted molar refractivity (Wildman–Crippen MR) is 112 cm³/mol. The number of fused-ring (bicyclic) bond motifs is 1. The van der Waals surface area contributed by atoms with Gasteiger partial charge in [-0.2, -0.15) is 0 Å². The van der Waals surface area contributed by atoms with Crippen LogP contribution in [0.3, 0.4) is 0 Å². The van der Waals surface area contributed by atoms with Crippen LogP contribution < -0.4 is 10.1 Å². The van der Waals surface area contributed by atoms with E-state index in [1.807, 2.05) is 12.1 Å². The van der Waals surface area contributed by atoms with E-state index in [1.54, 1.807) is 35.7 Å². The van der Waals surface area contributed by atoms with Crippen molar-refractivity contribution in [2.45, 2.75) is 23.8 Å². The summed E-state index contributed by atoms with van der Waals surface area (Å²) in [6.07, 6.45) is 3.74. The van der Waals surface area contributed by atoms with Crippen LogP contribution in [0.5, 0.6) is 5.75 Å². The summed E-state index contributed by atoms with van der Waals surface area (Å²) in [4.78, 5) is 15.9. The normalized spacial score (nSPS) is 19.4. The van der Waals surface area contributed by atoms with Gasteiger partial charge in [0.1, 0.15) is 11.9 Å². The molecule has 2 aliphatic heterocycles. The minimum atomic E-state index is -1.17. The minimum Gasteiger partial charge on any atom is -0.489 e. The Kier molecular flexibility index (Phi) is 5.53. The lowest BCUT2D eigenvalue weighted by molar-refractivity contribution is 0.0989. The van der Waals surface area contributed by atoms with Crippen LogP contribution >= 0.6 is 11.6 Å². The molecule has 7 heteroatoms. The van der Waals surface area contributed by atoms with Crippen molar-refractivity contribution in [1.29, 1.82) is 0 Å². The molecule has 0 bridgehead atoms. The lowest BCUT2D eigenvalue weighted by Crippen LogP contribution is -2.36. The molecule has 1 saturated heterocycles. The fraction of sp³-hybridized carbons (Fsp3) is 0.286. The maximum absolute atomic E-state index is 12.9. The van der Waals surface area contributed by atoms with E-state index in [1.165, 1.54) is 0 Å². The Bertz CT molecular complexity index is 968. The van der Waals surface area contributed by atoms with Crippen molar-refractivity contribution >= 4 is 40.1 Å². The first kappa shape index (κ1) is 19.2. The van der Waals surface area contributed by atoms with E-state index in [0.717, 1.165) is 31.5 Å². The zero-order valence-electron chi connectivity index (χ0n) is 15.5. The fourth-order valence-corrected chi connectivity index (χ4v) is 4.60. The van der Waals surface area contributed by atoms with Crippen molar-refractivity contribution in [3.8, 4) is 5.75 Å². The third-order valence-electron chi connectivity index (χ3n) is 5.00. The molecule has 0 aliphatic carbocycles. The highest BCUT2D eigenvalue weighted by molar-refractivity contribution is 7.88. The molecule has 5 nitrogen and oxygen atoms in total. The Morgan fingerprint density at radius 3 is 2.79 bits per heavy atom. The van der Waals surface area contributed by atoms with E-state index < -0.39 is 10.8 Å². The lowest BCUT2D eigenvalue weighted by Gasteiger charge is -2.29. The Hall–Kier alpha value is -2.15. The Labute approximate surface area is 171 Å². The van der Waals surface area contributed by atoms with Crippen LogP contribution in [0.4, 0.5) is 5.69 Å². The molecular formula is C21H21ClN2O3S. The van der Waals surface area contributed by atoms with Gasteiger partial charge in [0.2, 0.25) is 0 Å². The first-order valence-electron chi connectivity index (χ1n) is 9.18. The first-order valence-corrected chi connectivity index (χ1v) is 10.8. The number of hydrogen-bond donors (Lipinski definition) is 1. The zero-order valence-corrected chi connectivity index (χ0v) is 17.1. The molecule has 4 rings (SSSR count). The number of piperidine rings is 1. The highest BCUT2D eigenvalue weighted by Gasteiger charge is 2.22. The number of rotatable bonds is 4. The molecule has 2 aliphatic rings. The molecule has 1 atom stereocenters. The first-order chi connectivity index (χ1) is 13.5. The number of hydrogen-bond acceptors (Lipinski definition) is 4. The molecule has 1 N–H and O–H groups in total. The van der Waals surface area contributed by atoms with E-state index in [9.17, 15) is 9.00 Å². The van der Waals surface area contributed by atoms with Crippen molar-refractivity contribution < 1.29 is 13.7 Å². The summed E-state index contributed by atoms with van der Waals surface area (Å²) in [7, 11) is 0.929. The van der Waals surface area contributed by atoms with Crippen molar-refractivity contribution in [2.75, 3.05) is 25.5 Å². The predicted octanol–water partition coefficient (Wildman–Crippen LogP) is 4.16. The number of carbonyl (C=O) groups is 1. The van der Waals surface area contributed by atoms with Crippen LogP contribution in [0, 0.1) is 0 Å². The van der Waals surface area contributed by atoms with Crippen LogP contribution in [0.1, 0.15) is 28.8 Å². The van der Waals surface area contributed by atoms with Gasteiger partial charge in [0, 0.05) is 29.2 Å². The summed E-state index contributed by atoms with van der Waals surface area (Å²) in [5.74, 6) is 0.227. The molecule has 0 saturated carbocycles. The van der Waals surface area contributed by atoms with Gasteiger partial charge in [0.25, 0.3) is 5.91 Å². The standard InChI is InChI=1S/C21H21ClN2O3S/c1-24-9-6-17(7-10-24)27-19-5-3-15(22)12-18(19)21(25)23-16-4-2-14-8-11-28(26)20(14)13-16/h2-5,8,11-13,17H,6-7,9-10H2,1H3,(H,23,25). The molecule has 146 valence electrons. The maximum atomic E-state index is 12.9. The van der Waals surface area contributed by atoms with Gasteiger partial charge in [-0.15, -0.1) is 0 Å². The number of anilines is 1. The third kappa shape index (κ3) is 4.14. The average molecular weight is 417 g/mol. The van der Waals surface area contributed by atoms with Gasteiger partial charge in [0.15, 0.2) is 0 Å². The molecular weight excluding hydrogens is 396 g/mol. The number of amides is 1. The molecule has 2 aromatic rings. The second-order valence-electron chi connectivity index (χ2n) is 7.07. The van der Waals surface area contributed by atoms with E-state index in [2.05, 4.69) is 17.3 Å². The second-order valence-corrected chi connectivity index (χ2v) is 8.81. The number of ether oxygens (including phenoxy) is 1. The maximum Gasteiger partial charge on any atom is 0.259 e. The number of nitrogens with zero attached hydrogens (tertiary/aromatic N) is 1. The molecule has 0 radical (unpaired) electrons. The third-order valence-corrected chi connectivity index (χ3v) is 6.41. The highest BCUT2D eigenvalue weighted by Crippen LogP contribution is 2.29. The van der Waals surface area contributed by atoms with Gasteiger partial charge in [-0.3, -0.25) is 4.79 Å². The van der Waals surface area contributed by atoms with Gasteiger partial charge in [-0.05, 0) is 61.9 Å². The van der Waals surface area contributed by atoms with Crippen LogP contribution in [-0.4, -0.2) is 41.3 Å². The van der Waals surface area contributed by atoms with Crippen LogP contribution in [0.25, 0.3) is 6.08 Å². The Balaban J connectivity index is 1.53. The van der Waals surface area contributed by atoms with Gasteiger partial charge < -0.3 is 15.0 Å². The highest BCUT2D eigenvalue weighted by atomic mass is 35.5. The van der Waals surface area contributed by atoms with Gasteiger partial charge in [-0.1, -0.05) is 17.7 Å². The molecule has 0 aromatic heterocycles. The molecule has 2 aromatic carbocycles. The Morgan fingerprint density at radius 1 is 1.21 bits per heavy atom. The van der Waals surface area contributed by atoms with Gasteiger partial charge >= 0.3 is 0 Å². The van der Waals surface area contributed by atoms with Crippen molar-refractivity contribution in [1.82, 2.24) is 4.90 Å². The number of nitrogens with one attached hydrogen (secondary N) is 1. The van der Waals surface area contributed by atoms with Crippen LogP contribution in [0.2, 0.25) is 5.02 Å². The summed E-state index contributed by atoms with van der Waals surface area (Å²) < 4.78 is 18.1. The van der Waals surface area contributed by atoms with Gasteiger partial charge in [0.05, 0.1) is 21.3 Å².